The van der Waals surface area contributed by atoms with Crippen molar-refractivity contribution >= 4 is 23.6 Å². The summed E-state index contributed by atoms with van der Waals surface area (Å²) in [5.41, 5.74) is 1.89. The predicted octanol–water partition coefficient (Wildman–Crippen LogP) is 2.02. The van der Waals surface area contributed by atoms with Crippen LogP contribution in [-0.2, 0) is 14.3 Å². The number of nitrogens with zero attached hydrogens (tertiary/aromatic N) is 1. The van der Waals surface area contributed by atoms with E-state index >= 15 is 0 Å². The Hall–Kier alpha value is -1.73. The number of ether oxygens (including phenoxy) is 2. The molecular formula is C19H24N2O4S. The minimum absolute atomic E-state index is 0.0364. The Morgan fingerprint density at radius 3 is 2.92 bits per heavy atom. The first kappa shape index (κ1) is 17.7. The molecule has 1 aromatic rings. The van der Waals surface area contributed by atoms with Crippen molar-refractivity contribution in [2.24, 2.45) is 0 Å². The Balaban J connectivity index is 1.54. The Morgan fingerprint density at radius 1 is 1.38 bits per heavy atom. The zero-order chi connectivity index (χ0) is 18.1. The van der Waals surface area contributed by atoms with Gasteiger partial charge in [0, 0.05) is 24.8 Å². The number of amides is 2. The third-order valence-electron chi connectivity index (χ3n) is 5.34. The maximum atomic E-state index is 12.6. The average molecular weight is 376 g/mol. The lowest BCUT2D eigenvalue weighted by Crippen LogP contribution is -2.49. The van der Waals surface area contributed by atoms with Crippen LogP contribution >= 0.6 is 11.8 Å². The Bertz CT molecular complexity index is 717. The molecule has 0 aliphatic carbocycles. The first-order valence-corrected chi connectivity index (χ1v) is 10.2. The predicted molar refractivity (Wildman–Crippen MR) is 99.1 cm³/mol. The molecule has 140 valence electrons. The molecular weight excluding hydrogens is 352 g/mol. The molecule has 2 amide bonds. The van der Waals surface area contributed by atoms with E-state index in [-0.39, 0.29) is 30.0 Å². The van der Waals surface area contributed by atoms with Crippen LogP contribution in [0.25, 0.3) is 0 Å². The van der Waals surface area contributed by atoms with Crippen molar-refractivity contribution in [3.8, 4) is 5.75 Å². The fourth-order valence-corrected chi connectivity index (χ4v) is 4.83. The van der Waals surface area contributed by atoms with Crippen LogP contribution in [-0.4, -0.2) is 53.7 Å². The standard InChI is InChI=1S/C19H24N2O4S/c1-13-2-3-16-14(8-13)15(9-19(25-16)4-6-24-7-5-19)20-17(22)10-21-12-26-11-18(21)23/h2-3,8,15H,4-7,9-12H2,1H3,(H,20,22). The fraction of sp³-hybridized carbons (Fsp3) is 0.579. The number of hydrogen-bond donors (Lipinski definition) is 1. The molecule has 1 N–H and O–H groups in total. The number of nitrogens with one attached hydrogen (secondary N) is 1. The third-order valence-corrected chi connectivity index (χ3v) is 6.29. The van der Waals surface area contributed by atoms with Gasteiger partial charge in [0.1, 0.15) is 17.9 Å². The molecule has 1 unspecified atom stereocenters. The minimum Gasteiger partial charge on any atom is -0.487 e. The molecule has 0 bridgehead atoms. The molecule has 26 heavy (non-hydrogen) atoms. The van der Waals surface area contributed by atoms with E-state index in [2.05, 4.69) is 11.4 Å². The van der Waals surface area contributed by atoms with Crippen molar-refractivity contribution in [1.82, 2.24) is 10.2 Å². The van der Waals surface area contributed by atoms with Crippen molar-refractivity contribution < 1.29 is 19.1 Å². The second kappa shape index (κ2) is 7.12. The van der Waals surface area contributed by atoms with Crippen LogP contribution in [0.1, 0.15) is 36.4 Å². The van der Waals surface area contributed by atoms with Gasteiger partial charge in [0.2, 0.25) is 11.8 Å². The largest absolute Gasteiger partial charge is 0.487 e. The summed E-state index contributed by atoms with van der Waals surface area (Å²) in [6.45, 7) is 3.53. The molecule has 3 heterocycles. The Morgan fingerprint density at radius 2 is 2.19 bits per heavy atom. The van der Waals surface area contributed by atoms with Gasteiger partial charge in [-0.2, -0.15) is 0 Å². The van der Waals surface area contributed by atoms with E-state index in [0.29, 0.717) is 24.8 Å². The van der Waals surface area contributed by atoms with Gasteiger partial charge < -0.3 is 19.7 Å². The normalized spacial score (nSPS) is 24.3. The second-order valence-corrected chi connectivity index (χ2v) is 8.29. The first-order chi connectivity index (χ1) is 12.5. The molecule has 2 saturated heterocycles. The highest BCUT2D eigenvalue weighted by atomic mass is 32.2. The lowest BCUT2D eigenvalue weighted by atomic mass is 9.81. The molecule has 0 radical (unpaired) electrons. The van der Waals surface area contributed by atoms with Crippen LogP contribution < -0.4 is 10.1 Å². The molecule has 4 rings (SSSR count). The van der Waals surface area contributed by atoms with Crippen molar-refractivity contribution in [1.29, 1.82) is 0 Å². The van der Waals surface area contributed by atoms with E-state index < -0.39 is 0 Å². The highest BCUT2D eigenvalue weighted by Crippen LogP contribution is 2.44. The summed E-state index contributed by atoms with van der Waals surface area (Å²) in [6.07, 6.45) is 2.39. The highest BCUT2D eigenvalue weighted by Gasteiger charge is 2.43. The van der Waals surface area contributed by atoms with Crippen molar-refractivity contribution in [3.63, 3.8) is 0 Å². The third kappa shape index (κ3) is 3.55. The first-order valence-electron chi connectivity index (χ1n) is 9.07. The fourth-order valence-electron chi connectivity index (χ4n) is 3.92. The lowest BCUT2D eigenvalue weighted by Gasteiger charge is -2.44. The molecule has 3 aliphatic heterocycles. The zero-order valence-corrected chi connectivity index (χ0v) is 15.8. The monoisotopic (exact) mass is 376 g/mol. The molecule has 7 heteroatoms. The summed E-state index contributed by atoms with van der Waals surface area (Å²) in [6, 6.07) is 6.02. The second-order valence-electron chi connectivity index (χ2n) is 7.33. The zero-order valence-electron chi connectivity index (χ0n) is 15.0. The van der Waals surface area contributed by atoms with Crippen molar-refractivity contribution in [3.05, 3.63) is 29.3 Å². The number of carbonyl (C=O) groups excluding carboxylic acids is 2. The van der Waals surface area contributed by atoms with Gasteiger partial charge >= 0.3 is 0 Å². The topological polar surface area (TPSA) is 67.9 Å². The molecule has 1 aromatic carbocycles. The van der Waals surface area contributed by atoms with Crippen LogP contribution in [0.3, 0.4) is 0 Å². The number of thioether (sulfide) groups is 1. The van der Waals surface area contributed by atoms with Crippen LogP contribution in [0.4, 0.5) is 0 Å². The smallest absolute Gasteiger partial charge is 0.240 e. The lowest BCUT2D eigenvalue weighted by molar-refractivity contribution is -0.133. The van der Waals surface area contributed by atoms with Gasteiger partial charge in [0.15, 0.2) is 0 Å². The number of carbonyl (C=O) groups is 2. The Labute approximate surface area is 157 Å². The Kier molecular flexibility index (Phi) is 4.84. The summed E-state index contributed by atoms with van der Waals surface area (Å²) in [5, 5.41) is 3.16. The molecule has 0 aromatic heterocycles. The maximum absolute atomic E-state index is 12.6. The molecule has 1 spiro atoms. The summed E-state index contributed by atoms with van der Waals surface area (Å²) in [5.74, 6) is 1.84. The van der Waals surface area contributed by atoms with Crippen LogP contribution in [0.5, 0.6) is 5.75 Å². The van der Waals surface area contributed by atoms with Crippen molar-refractivity contribution in [2.45, 2.75) is 37.8 Å². The molecule has 2 fully saturated rings. The van der Waals surface area contributed by atoms with Gasteiger partial charge in [-0.15, -0.1) is 11.8 Å². The highest BCUT2D eigenvalue weighted by molar-refractivity contribution is 8.00. The van der Waals surface area contributed by atoms with E-state index in [0.717, 1.165) is 36.1 Å². The minimum atomic E-state index is -0.280. The molecule has 6 nitrogen and oxygen atoms in total. The number of hydrogen-bond acceptors (Lipinski definition) is 5. The van der Waals surface area contributed by atoms with E-state index in [1.807, 2.05) is 19.1 Å². The van der Waals surface area contributed by atoms with Gasteiger partial charge in [-0.25, -0.2) is 0 Å². The van der Waals surface area contributed by atoms with Crippen molar-refractivity contribution in [2.75, 3.05) is 31.4 Å². The summed E-state index contributed by atoms with van der Waals surface area (Å²) in [7, 11) is 0. The van der Waals surface area contributed by atoms with Crippen LogP contribution in [0.15, 0.2) is 18.2 Å². The van der Waals surface area contributed by atoms with Crippen LogP contribution in [0.2, 0.25) is 0 Å². The summed E-state index contributed by atoms with van der Waals surface area (Å²) in [4.78, 5) is 26.0. The maximum Gasteiger partial charge on any atom is 0.240 e. The van der Waals surface area contributed by atoms with Gasteiger partial charge in [-0.05, 0) is 13.0 Å². The van der Waals surface area contributed by atoms with Gasteiger partial charge in [-0.1, -0.05) is 17.7 Å². The van der Waals surface area contributed by atoms with Gasteiger partial charge in [-0.3, -0.25) is 9.59 Å². The molecule has 3 aliphatic rings. The molecule has 0 saturated carbocycles. The van der Waals surface area contributed by atoms with E-state index in [1.54, 1.807) is 16.7 Å². The quantitative estimate of drug-likeness (QED) is 0.874. The summed E-state index contributed by atoms with van der Waals surface area (Å²) < 4.78 is 11.9. The average Bonchev–Trinajstić information content (AvgIpc) is 3.01. The van der Waals surface area contributed by atoms with E-state index in [1.165, 1.54) is 0 Å². The summed E-state index contributed by atoms with van der Waals surface area (Å²) >= 11 is 1.55. The van der Waals surface area contributed by atoms with E-state index in [4.69, 9.17) is 9.47 Å². The van der Waals surface area contributed by atoms with Gasteiger partial charge in [0.25, 0.3) is 0 Å². The number of benzene rings is 1. The van der Waals surface area contributed by atoms with Gasteiger partial charge in [0.05, 0.1) is 30.9 Å². The van der Waals surface area contributed by atoms with Crippen LogP contribution in [0, 0.1) is 6.92 Å². The number of aryl methyl sites for hydroxylation is 1. The number of fused-ring (bicyclic) bond motifs is 1. The van der Waals surface area contributed by atoms with E-state index in [9.17, 15) is 9.59 Å². The molecule has 1 atom stereocenters. The SMILES string of the molecule is Cc1ccc2c(c1)C(NC(=O)CN1CSCC1=O)CC1(CCOCC1)O2. The number of rotatable bonds is 3.